The highest BCUT2D eigenvalue weighted by atomic mass is 79.9. The Balaban J connectivity index is 2.51. The summed E-state index contributed by atoms with van der Waals surface area (Å²) in [5.74, 6) is 0. The van der Waals surface area contributed by atoms with Crippen molar-refractivity contribution < 1.29 is 0 Å². The average molecular weight is 325 g/mol. The number of rotatable bonds is 9. The number of hydrogen-bond donors (Lipinski definition) is 1. The minimum absolute atomic E-state index is 0.935. The molecule has 19 heavy (non-hydrogen) atoms. The van der Waals surface area contributed by atoms with Crippen LogP contribution in [0.25, 0.3) is 0 Å². The second kappa shape index (κ2) is 9.29. The SMILES string of the molecule is C=CCCCN(C)Cc1ccc(CNCC)cc1Br. The van der Waals surface area contributed by atoms with Gasteiger partial charge in [0.1, 0.15) is 0 Å². The van der Waals surface area contributed by atoms with E-state index in [0.29, 0.717) is 0 Å². The number of unbranched alkanes of at least 4 members (excludes halogenated alkanes) is 1. The molecule has 0 saturated heterocycles. The Bertz CT molecular complexity index is 390. The van der Waals surface area contributed by atoms with Gasteiger partial charge in [-0.25, -0.2) is 0 Å². The normalized spacial score (nSPS) is 10.9. The van der Waals surface area contributed by atoms with Gasteiger partial charge < -0.3 is 10.2 Å². The van der Waals surface area contributed by atoms with Crippen molar-refractivity contribution in [3.05, 3.63) is 46.5 Å². The van der Waals surface area contributed by atoms with Crippen LogP contribution in [0.2, 0.25) is 0 Å². The first-order valence-corrected chi connectivity index (χ1v) is 7.74. The molecule has 0 saturated carbocycles. The molecule has 0 amide bonds. The summed E-state index contributed by atoms with van der Waals surface area (Å²) < 4.78 is 1.21. The summed E-state index contributed by atoms with van der Waals surface area (Å²) in [7, 11) is 2.17. The summed E-state index contributed by atoms with van der Waals surface area (Å²) in [6.07, 6.45) is 4.25. The molecule has 106 valence electrons. The number of allylic oxidation sites excluding steroid dienone is 1. The van der Waals surface area contributed by atoms with Gasteiger partial charge in [0.05, 0.1) is 0 Å². The molecule has 3 heteroatoms. The number of hydrogen-bond acceptors (Lipinski definition) is 2. The number of benzene rings is 1. The molecule has 1 aromatic rings. The Morgan fingerprint density at radius 2 is 2.21 bits per heavy atom. The van der Waals surface area contributed by atoms with E-state index in [0.717, 1.165) is 32.6 Å². The zero-order valence-corrected chi connectivity index (χ0v) is 13.7. The second-order valence-corrected chi connectivity index (χ2v) is 5.73. The first-order valence-electron chi connectivity index (χ1n) is 6.94. The van der Waals surface area contributed by atoms with E-state index < -0.39 is 0 Å². The lowest BCUT2D eigenvalue weighted by Gasteiger charge is -2.17. The fourth-order valence-corrected chi connectivity index (χ4v) is 2.53. The Hall–Kier alpha value is -0.640. The van der Waals surface area contributed by atoms with E-state index >= 15 is 0 Å². The lowest BCUT2D eigenvalue weighted by Crippen LogP contribution is -2.19. The molecule has 0 bridgehead atoms. The molecule has 0 radical (unpaired) electrons. The van der Waals surface area contributed by atoms with Crippen molar-refractivity contribution in [2.24, 2.45) is 0 Å². The highest BCUT2D eigenvalue weighted by molar-refractivity contribution is 9.10. The van der Waals surface area contributed by atoms with E-state index in [9.17, 15) is 0 Å². The Labute approximate surface area is 126 Å². The standard InChI is InChI=1S/C16H25BrN2/c1-4-6-7-10-19(3)13-15-9-8-14(11-16(15)17)12-18-5-2/h4,8-9,11,18H,1,5-7,10,12-13H2,2-3H3. The van der Waals surface area contributed by atoms with Crippen molar-refractivity contribution in [1.29, 1.82) is 0 Å². The Morgan fingerprint density at radius 3 is 2.84 bits per heavy atom. The largest absolute Gasteiger partial charge is 0.313 e. The molecule has 0 heterocycles. The maximum atomic E-state index is 3.76. The van der Waals surface area contributed by atoms with Gasteiger partial charge in [-0.1, -0.05) is 41.1 Å². The van der Waals surface area contributed by atoms with Crippen molar-refractivity contribution in [2.45, 2.75) is 32.9 Å². The van der Waals surface area contributed by atoms with E-state index in [1.165, 1.54) is 22.0 Å². The third kappa shape index (κ3) is 6.37. The summed E-state index contributed by atoms with van der Waals surface area (Å²) in [6.45, 7) is 9.92. The third-order valence-corrected chi connectivity index (χ3v) is 3.82. The highest BCUT2D eigenvalue weighted by Crippen LogP contribution is 2.20. The van der Waals surface area contributed by atoms with Crippen LogP contribution in [0.3, 0.4) is 0 Å². The third-order valence-electron chi connectivity index (χ3n) is 3.08. The van der Waals surface area contributed by atoms with Gasteiger partial charge in [0.15, 0.2) is 0 Å². The van der Waals surface area contributed by atoms with Gasteiger partial charge >= 0.3 is 0 Å². The molecule has 0 aromatic heterocycles. The topological polar surface area (TPSA) is 15.3 Å². The molecule has 2 nitrogen and oxygen atoms in total. The zero-order chi connectivity index (χ0) is 14.1. The minimum Gasteiger partial charge on any atom is -0.313 e. The van der Waals surface area contributed by atoms with Crippen LogP contribution in [0.15, 0.2) is 35.3 Å². The van der Waals surface area contributed by atoms with E-state index in [2.05, 4.69) is 64.9 Å². The molecule has 0 aliphatic rings. The lowest BCUT2D eigenvalue weighted by atomic mass is 10.1. The fraction of sp³-hybridized carbons (Fsp3) is 0.500. The van der Waals surface area contributed by atoms with Gasteiger partial charge in [0.25, 0.3) is 0 Å². The van der Waals surface area contributed by atoms with E-state index in [1.807, 2.05) is 6.08 Å². The molecule has 1 N–H and O–H groups in total. The van der Waals surface area contributed by atoms with Crippen LogP contribution < -0.4 is 5.32 Å². The van der Waals surface area contributed by atoms with Crippen molar-refractivity contribution in [1.82, 2.24) is 10.2 Å². The lowest BCUT2D eigenvalue weighted by molar-refractivity contribution is 0.322. The Kier molecular flexibility index (Phi) is 8.03. The summed E-state index contributed by atoms with van der Waals surface area (Å²) in [4.78, 5) is 2.35. The van der Waals surface area contributed by atoms with Gasteiger partial charge in [-0.15, -0.1) is 6.58 Å². The van der Waals surface area contributed by atoms with Crippen LogP contribution in [-0.4, -0.2) is 25.0 Å². The summed E-state index contributed by atoms with van der Waals surface area (Å²) in [5, 5.41) is 3.35. The van der Waals surface area contributed by atoms with Gasteiger partial charge in [0.2, 0.25) is 0 Å². The second-order valence-electron chi connectivity index (χ2n) is 4.87. The maximum Gasteiger partial charge on any atom is 0.0241 e. The van der Waals surface area contributed by atoms with Crippen LogP contribution in [0.5, 0.6) is 0 Å². The van der Waals surface area contributed by atoms with Crippen molar-refractivity contribution in [2.75, 3.05) is 20.1 Å². The predicted molar refractivity (Wildman–Crippen MR) is 87.3 cm³/mol. The summed E-state index contributed by atoms with van der Waals surface area (Å²) >= 11 is 3.68. The van der Waals surface area contributed by atoms with E-state index in [1.54, 1.807) is 0 Å². The number of nitrogens with one attached hydrogen (secondary N) is 1. The molecule has 0 fully saturated rings. The smallest absolute Gasteiger partial charge is 0.0241 e. The predicted octanol–water partition coefficient (Wildman–Crippen LogP) is 3.96. The number of halogens is 1. The molecular weight excluding hydrogens is 300 g/mol. The van der Waals surface area contributed by atoms with Crippen molar-refractivity contribution >= 4 is 15.9 Å². The highest BCUT2D eigenvalue weighted by Gasteiger charge is 2.05. The van der Waals surface area contributed by atoms with Crippen LogP contribution in [0.4, 0.5) is 0 Å². The molecule has 0 aliphatic heterocycles. The fourth-order valence-electron chi connectivity index (χ4n) is 1.97. The van der Waals surface area contributed by atoms with Crippen LogP contribution >= 0.6 is 15.9 Å². The molecule has 0 spiro atoms. The van der Waals surface area contributed by atoms with Crippen molar-refractivity contribution in [3.8, 4) is 0 Å². The molecule has 0 unspecified atom stereocenters. The van der Waals surface area contributed by atoms with Crippen molar-refractivity contribution in [3.63, 3.8) is 0 Å². The monoisotopic (exact) mass is 324 g/mol. The van der Waals surface area contributed by atoms with Gasteiger partial charge in [-0.3, -0.25) is 0 Å². The summed E-state index contributed by atoms with van der Waals surface area (Å²) in [6, 6.07) is 6.65. The maximum absolute atomic E-state index is 3.76. The quantitative estimate of drug-likeness (QED) is 0.546. The molecule has 0 aliphatic carbocycles. The Morgan fingerprint density at radius 1 is 1.42 bits per heavy atom. The van der Waals surface area contributed by atoms with Gasteiger partial charge in [-0.2, -0.15) is 0 Å². The van der Waals surface area contributed by atoms with Gasteiger partial charge in [0, 0.05) is 17.6 Å². The minimum atomic E-state index is 0.935. The number of nitrogens with zero attached hydrogens (tertiary/aromatic N) is 1. The van der Waals surface area contributed by atoms with Gasteiger partial charge in [-0.05, 0) is 50.2 Å². The first kappa shape index (κ1) is 16.4. The van der Waals surface area contributed by atoms with E-state index in [-0.39, 0.29) is 0 Å². The average Bonchev–Trinajstić information content (AvgIpc) is 2.39. The molecule has 1 rings (SSSR count). The van der Waals surface area contributed by atoms with Crippen LogP contribution in [0, 0.1) is 0 Å². The first-order chi connectivity index (χ1) is 9.17. The van der Waals surface area contributed by atoms with E-state index in [4.69, 9.17) is 0 Å². The summed E-state index contributed by atoms with van der Waals surface area (Å²) in [5.41, 5.74) is 2.67. The van der Waals surface area contributed by atoms with Crippen LogP contribution in [-0.2, 0) is 13.1 Å². The molecule has 0 atom stereocenters. The molecular formula is C16H25BrN2. The molecule has 1 aromatic carbocycles. The zero-order valence-electron chi connectivity index (χ0n) is 12.1. The van der Waals surface area contributed by atoms with Crippen LogP contribution in [0.1, 0.15) is 30.9 Å².